The van der Waals surface area contributed by atoms with Gasteiger partial charge in [-0.1, -0.05) is 58.0 Å². The molecule has 0 atom stereocenters. The van der Waals surface area contributed by atoms with Gasteiger partial charge >= 0.3 is 5.97 Å². The second-order valence-corrected chi connectivity index (χ2v) is 2.59. The van der Waals surface area contributed by atoms with E-state index in [2.05, 4.69) is 31.2 Å². The van der Waals surface area contributed by atoms with Gasteiger partial charge in [0.15, 0.2) is 0 Å². The van der Waals surface area contributed by atoms with E-state index in [0.717, 1.165) is 6.42 Å². The summed E-state index contributed by atoms with van der Waals surface area (Å²) in [5.74, 6) is -0.745. The zero-order valence-corrected chi connectivity index (χ0v) is 10.2. The minimum atomic E-state index is -0.745. The average molecular weight is 210 g/mol. The average Bonchev–Trinajstić information content (AvgIpc) is 2.33. The molecule has 0 spiro atoms. The number of hydrogen-bond acceptors (Lipinski definition) is 1. The standard InChI is InChI=1S/C8H10.C3H6O2.C2H6/c1-2-8-6-4-3-5-7-8;1-2-3(4)5;1-2/h3-7H,2H2,1H3;2H2,1H3,(H,4,5);1-2H3. The molecule has 0 aliphatic rings. The maximum absolute atomic E-state index is 9.37. The summed E-state index contributed by atoms with van der Waals surface area (Å²) in [5.41, 5.74) is 1.41. The summed E-state index contributed by atoms with van der Waals surface area (Å²) in [6.07, 6.45) is 1.36. The molecule has 0 unspecified atom stereocenters. The van der Waals surface area contributed by atoms with Crippen LogP contribution in [-0.2, 0) is 11.2 Å². The number of rotatable bonds is 2. The summed E-state index contributed by atoms with van der Waals surface area (Å²) in [4.78, 5) is 9.37. The van der Waals surface area contributed by atoms with Crippen molar-refractivity contribution in [1.29, 1.82) is 0 Å². The maximum atomic E-state index is 9.37. The summed E-state index contributed by atoms with van der Waals surface area (Å²) in [5, 5.41) is 7.72. The van der Waals surface area contributed by atoms with Gasteiger partial charge in [-0.05, 0) is 12.0 Å². The Balaban J connectivity index is 0. The largest absolute Gasteiger partial charge is 0.481 e. The van der Waals surface area contributed by atoms with Gasteiger partial charge in [-0.25, -0.2) is 0 Å². The van der Waals surface area contributed by atoms with Crippen molar-refractivity contribution in [3.05, 3.63) is 35.9 Å². The highest BCUT2D eigenvalue weighted by molar-refractivity contribution is 5.66. The molecule has 0 saturated heterocycles. The Morgan fingerprint density at radius 2 is 1.53 bits per heavy atom. The second-order valence-electron chi connectivity index (χ2n) is 2.59. The third kappa shape index (κ3) is 12.7. The molecule has 1 rings (SSSR count). The summed E-state index contributed by atoms with van der Waals surface area (Å²) in [7, 11) is 0. The zero-order valence-electron chi connectivity index (χ0n) is 10.2. The fourth-order valence-electron chi connectivity index (χ4n) is 0.714. The lowest BCUT2D eigenvalue weighted by Crippen LogP contribution is -1.86. The molecule has 0 fully saturated rings. The molecule has 0 bridgehead atoms. The third-order valence-electron chi connectivity index (χ3n) is 1.55. The van der Waals surface area contributed by atoms with Crippen LogP contribution in [0.3, 0.4) is 0 Å². The van der Waals surface area contributed by atoms with Gasteiger partial charge < -0.3 is 5.11 Å². The van der Waals surface area contributed by atoms with Crippen LogP contribution in [0.25, 0.3) is 0 Å². The molecule has 0 aromatic heterocycles. The minimum Gasteiger partial charge on any atom is -0.481 e. The van der Waals surface area contributed by atoms with Crippen molar-refractivity contribution in [2.75, 3.05) is 0 Å². The van der Waals surface area contributed by atoms with E-state index in [1.165, 1.54) is 5.56 Å². The Bertz CT molecular complexity index is 230. The summed E-state index contributed by atoms with van der Waals surface area (Å²) < 4.78 is 0. The molecule has 2 nitrogen and oxygen atoms in total. The van der Waals surface area contributed by atoms with Gasteiger partial charge in [0.25, 0.3) is 0 Å². The van der Waals surface area contributed by atoms with Crippen LogP contribution >= 0.6 is 0 Å². The summed E-state index contributed by atoms with van der Waals surface area (Å²) >= 11 is 0. The molecule has 15 heavy (non-hydrogen) atoms. The van der Waals surface area contributed by atoms with Crippen LogP contribution in [0.4, 0.5) is 0 Å². The second kappa shape index (κ2) is 12.7. The van der Waals surface area contributed by atoms with Crippen LogP contribution in [0, 0.1) is 0 Å². The van der Waals surface area contributed by atoms with Crippen molar-refractivity contribution >= 4 is 5.97 Å². The monoisotopic (exact) mass is 210 g/mol. The fraction of sp³-hybridized carbons (Fsp3) is 0.462. The number of aliphatic carboxylic acids is 1. The van der Waals surface area contributed by atoms with Gasteiger partial charge in [0.1, 0.15) is 0 Å². The smallest absolute Gasteiger partial charge is 0.303 e. The topological polar surface area (TPSA) is 37.3 Å². The summed E-state index contributed by atoms with van der Waals surface area (Å²) in [6.45, 7) is 7.76. The third-order valence-corrected chi connectivity index (χ3v) is 1.55. The first-order valence-corrected chi connectivity index (χ1v) is 5.46. The predicted octanol–water partition coefficient (Wildman–Crippen LogP) is 3.76. The molecule has 0 saturated carbocycles. The van der Waals surface area contributed by atoms with Crippen molar-refractivity contribution in [2.45, 2.75) is 40.5 Å². The number of benzene rings is 1. The molecular formula is C13H22O2. The number of carboxylic acid groups (broad SMARTS) is 1. The van der Waals surface area contributed by atoms with Gasteiger partial charge in [-0.2, -0.15) is 0 Å². The van der Waals surface area contributed by atoms with Crippen LogP contribution in [-0.4, -0.2) is 11.1 Å². The first-order chi connectivity index (χ1) is 7.20. The maximum Gasteiger partial charge on any atom is 0.303 e. The summed E-state index contributed by atoms with van der Waals surface area (Å²) in [6, 6.07) is 10.5. The van der Waals surface area contributed by atoms with E-state index in [4.69, 9.17) is 5.11 Å². The Hall–Kier alpha value is -1.31. The highest BCUT2D eigenvalue weighted by Gasteiger charge is 1.81. The van der Waals surface area contributed by atoms with Gasteiger partial charge in [0, 0.05) is 6.42 Å². The molecular weight excluding hydrogens is 188 g/mol. The van der Waals surface area contributed by atoms with E-state index >= 15 is 0 Å². The van der Waals surface area contributed by atoms with Crippen LogP contribution in [0.15, 0.2) is 30.3 Å². The molecule has 1 aromatic rings. The number of hydrogen-bond donors (Lipinski definition) is 1. The Morgan fingerprint density at radius 3 is 1.73 bits per heavy atom. The van der Waals surface area contributed by atoms with E-state index in [-0.39, 0.29) is 6.42 Å². The lowest BCUT2D eigenvalue weighted by atomic mass is 10.2. The Kier molecular flexibility index (Phi) is 13.6. The van der Waals surface area contributed by atoms with Crippen molar-refractivity contribution in [2.24, 2.45) is 0 Å². The first kappa shape index (κ1) is 16.1. The molecule has 0 heterocycles. The normalized spacial score (nSPS) is 7.73. The molecule has 0 amide bonds. The predicted molar refractivity (Wildman–Crippen MR) is 65.1 cm³/mol. The Labute approximate surface area is 93.0 Å². The van der Waals surface area contributed by atoms with Crippen LogP contribution in [0.1, 0.15) is 39.7 Å². The van der Waals surface area contributed by atoms with Crippen LogP contribution in [0.5, 0.6) is 0 Å². The molecule has 0 aliphatic heterocycles. The molecule has 1 N–H and O–H groups in total. The minimum absolute atomic E-state index is 0.222. The fourth-order valence-corrected chi connectivity index (χ4v) is 0.714. The number of aryl methyl sites for hydroxylation is 1. The van der Waals surface area contributed by atoms with Crippen LogP contribution < -0.4 is 0 Å². The van der Waals surface area contributed by atoms with Crippen molar-refractivity contribution < 1.29 is 9.90 Å². The van der Waals surface area contributed by atoms with Crippen molar-refractivity contribution in [1.82, 2.24) is 0 Å². The Morgan fingerprint density at radius 1 is 1.13 bits per heavy atom. The van der Waals surface area contributed by atoms with E-state index in [9.17, 15) is 4.79 Å². The number of carboxylic acids is 1. The van der Waals surface area contributed by atoms with Crippen LogP contribution in [0.2, 0.25) is 0 Å². The SMILES string of the molecule is CC.CCC(=O)O.CCc1ccccc1. The molecule has 0 radical (unpaired) electrons. The van der Waals surface area contributed by atoms with Crippen molar-refractivity contribution in [3.8, 4) is 0 Å². The van der Waals surface area contributed by atoms with Gasteiger partial charge in [0.05, 0.1) is 0 Å². The van der Waals surface area contributed by atoms with E-state index < -0.39 is 5.97 Å². The molecule has 1 aromatic carbocycles. The van der Waals surface area contributed by atoms with Crippen molar-refractivity contribution in [3.63, 3.8) is 0 Å². The zero-order chi connectivity index (χ0) is 12.1. The highest BCUT2D eigenvalue weighted by Crippen LogP contribution is 1.96. The molecule has 86 valence electrons. The van der Waals surface area contributed by atoms with Gasteiger partial charge in [-0.15, -0.1) is 0 Å². The molecule has 2 heteroatoms. The van der Waals surface area contributed by atoms with Gasteiger partial charge in [-0.3, -0.25) is 4.79 Å². The lowest BCUT2D eigenvalue weighted by Gasteiger charge is -1.89. The van der Waals surface area contributed by atoms with Gasteiger partial charge in [0.2, 0.25) is 0 Å². The van der Waals surface area contributed by atoms with E-state index in [0.29, 0.717) is 0 Å². The van der Waals surface area contributed by atoms with E-state index in [1.54, 1.807) is 6.92 Å². The number of carbonyl (C=O) groups is 1. The first-order valence-electron chi connectivity index (χ1n) is 5.46. The highest BCUT2D eigenvalue weighted by atomic mass is 16.4. The molecule has 0 aliphatic carbocycles. The quantitative estimate of drug-likeness (QED) is 0.807. The van der Waals surface area contributed by atoms with E-state index in [1.807, 2.05) is 19.9 Å². The lowest BCUT2D eigenvalue weighted by molar-refractivity contribution is -0.136.